The summed E-state index contributed by atoms with van der Waals surface area (Å²) in [5.41, 5.74) is 0. The van der Waals surface area contributed by atoms with Gasteiger partial charge in [-0.3, -0.25) is 23.2 Å². The van der Waals surface area contributed by atoms with Gasteiger partial charge in [0.1, 0.15) is 12.7 Å². The molecule has 372 valence electrons. The van der Waals surface area contributed by atoms with Crippen LogP contribution in [0.1, 0.15) is 142 Å². The van der Waals surface area contributed by atoms with Gasteiger partial charge in [-0.1, -0.05) is 137 Å². The molecule has 0 rings (SSSR count). The molecule has 3 unspecified atom stereocenters. The van der Waals surface area contributed by atoms with Crippen molar-refractivity contribution in [2.24, 2.45) is 0 Å². The number of allylic oxidation sites excluding steroid dienone is 15. The summed E-state index contributed by atoms with van der Waals surface area (Å²) in [6, 6.07) is 0. The van der Waals surface area contributed by atoms with E-state index >= 15 is 0 Å². The smallest absolute Gasteiger partial charge is 0.462 e. The van der Waals surface area contributed by atoms with Crippen molar-refractivity contribution < 1.29 is 71.8 Å². The Kier molecular flexibility index (Phi) is 40.3. The van der Waals surface area contributed by atoms with Crippen molar-refractivity contribution >= 4 is 27.6 Å². The van der Waals surface area contributed by atoms with Gasteiger partial charge in [0.15, 0.2) is 6.10 Å². The van der Waals surface area contributed by atoms with Crippen LogP contribution in [0.25, 0.3) is 0 Å². The third kappa shape index (κ3) is 44.6. The maximum Gasteiger partial charge on any atom is 0.472 e. The van der Waals surface area contributed by atoms with E-state index in [1.54, 1.807) is 6.08 Å². The quantitative estimate of drug-likeness (QED) is 0.0144. The SMILES string of the molecule is CCCCC/C=C\C/C=C\C/C=C\C/C=C\C/C=C\CCC(=O)O[C@H](COC(=O)CCCC(O)C(O)C/C=C\C/C=C\C/C=C\CCCCC)COP(=O)(O)OC[C@@H](O)COP(=O)(O)O. The van der Waals surface area contributed by atoms with E-state index in [4.69, 9.17) is 23.8 Å². The Balaban J connectivity index is 4.85. The molecule has 0 aliphatic heterocycles. The fraction of sp³-hybridized carbons (Fsp3) is 0.625. The van der Waals surface area contributed by atoms with E-state index in [1.165, 1.54) is 38.5 Å². The lowest BCUT2D eigenvalue weighted by molar-refractivity contribution is -0.161. The third-order valence-corrected chi connectivity index (χ3v) is 10.6. The number of esters is 2. The number of rotatable bonds is 42. The molecule has 0 aliphatic rings. The monoisotopic (exact) mass is 958 g/mol. The van der Waals surface area contributed by atoms with Crippen LogP contribution in [0.3, 0.4) is 0 Å². The average molecular weight is 959 g/mol. The van der Waals surface area contributed by atoms with Gasteiger partial charge in [0.25, 0.3) is 0 Å². The maximum absolute atomic E-state index is 12.7. The number of unbranched alkanes of at least 4 members (excludes halogenated alkanes) is 6. The fourth-order valence-electron chi connectivity index (χ4n) is 5.49. The molecule has 0 fully saturated rings. The standard InChI is InChI=1S/C48H80O15P2/c1-3-5-7-9-11-13-15-17-18-19-20-21-22-23-25-27-29-31-33-37-48(53)63-44(42-62-65(57,58)61-40-43(49)39-60-64(54,55)56)41-59-47(52)38-34-36-46(51)45(50)35-32-30-28-26-24-16-14-12-10-8-6-4-2/h11-14,17-18,20-21,23-26,29-32,43-46,49-51H,3-10,15-16,19,22,27-28,33-42H2,1-2H3,(H,57,58)(H2,54,55,56)/b13-11-,14-12-,18-17-,21-20-,25-23-,26-24-,31-29-,32-30-/t43-,44+,45?,46?/m0/s1. The van der Waals surface area contributed by atoms with E-state index in [0.29, 0.717) is 19.3 Å². The van der Waals surface area contributed by atoms with Crippen molar-refractivity contribution in [1.82, 2.24) is 0 Å². The van der Waals surface area contributed by atoms with E-state index in [-0.39, 0.29) is 32.1 Å². The van der Waals surface area contributed by atoms with Gasteiger partial charge in [0.05, 0.1) is 32.0 Å². The first-order valence-corrected chi connectivity index (χ1v) is 26.1. The summed E-state index contributed by atoms with van der Waals surface area (Å²) in [4.78, 5) is 52.8. The number of carbonyl (C=O) groups excluding carboxylic acids is 2. The van der Waals surface area contributed by atoms with Crippen LogP contribution >= 0.6 is 15.6 Å². The lowest BCUT2D eigenvalue weighted by Crippen LogP contribution is -2.30. The van der Waals surface area contributed by atoms with Crippen molar-refractivity contribution in [1.29, 1.82) is 0 Å². The second kappa shape index (κ2) is 42.3. The minimum Gasteiger partial charge on any atom is -0.462 e. The molecular formula is C48H80O15P2. The van der Waals surface area contributed by atoms with Crippen LogP contribution in [0.5, 0.6) is 0 Å². The van der Waals surface area contributed by atoms with Crippen molar-refractivity contribution in [3.8, 4) is 0 Å². The molecule has 0 heterocycles. The van der Waals surface area contributed by atoms with Gasteiger partial charge >= 0.3 is 27.6 Å². The zero-order valence-electron chi connectivity index (χ0n) is 38.8. The minimum absolute atomic E-state index is 0.0580. The van der Waals surface area contributed by atoms with Crippen LogP contribution < -0.4 is 0 Å². The first kappa shape index (κ1) is 62.0. The molecule has 0 aromatic carbocycles. The number of phosphoric acid groups is 2. The molecule has 6 N–H and O–H groups in total. The highest BCUT2D eigenvalue weighted by Gasteiger charge is 2.28. The third-order valence-electron chi connectivity index (χ3n) is 9.15. The lowest BCUT2D eigenvalue weighted by atomic mass is 10.0. The number of carbonyl (C=O) groups is 2. The van der Waals surface area contributed by atoms with Gasteiger partial charge in [-0.15, -0.1) is 0 Å². The Labute approximate surface area is 388 Å². The van der Waals surface area contributed by atoms with E-state index in [1.807, 2.05) is 36.5 Å². The maximum atomic E-state index is 12.7. The van der Waals surface area contributed by atoms with Crippen molar-refractivity contribution in [3.05, 3.63) is 97.2 Å². The van der Waals surface area contributed by atoms with Crippen LogP contribution in [0.2, 0.25) is 0 Å². The predicted molar refractivity (Wildman–Crippen MR) is 255 cm³/mol. The molecule has 65 heavy (non-hydrogen) atoms. The number of ether oxygens (including phenoxy) is 2. The second-order valence-corrected chi connectivity index (χ2v) is 18.0. The Morgan fingerprint density at radius 3 is 1.43 bits per heavy atom. The summed E-state index contributed by atoms with van der Waals surface area (Å²) >= 11 is 0. The van der Waals surface area contributed by atoms with Crippen LogP contribution in [-0.4, -0.2) is 92.8 Å². The summed E-state index contributed by atoms with van der Waals surface area (Å²) in [6.07, 6.45) is 42.9. The topological polar surface area (TPSA) is 236 Å². The van der Waals surface area contributed by atoms with Gasteiger partial charge < -0.3 is 39.5 Å². The summed E-state index contributed by atoms with van der Waals surface area (Å²) in [5.74, 6) is -1.42. The molecule has 0 amide bonds. The van der Waals surface area contributed by atoms with E-state index in [2.05, 4.69) is 77.6 Å². The molecule has 17 heteroatoms. The van der Waals surface area contributed by atoms with E-state index < -0.39 is 78.4 Å². The molecule has 0 aromatic rings. The van der Waals surface area contributed by atoms with Crippen molar-refractivity contribution in [2.75, 3.05) is 26.4 Å². The molecular weight excluding hydrogens is 878 g/mol. The van der Waals surface area contributed by atoms with Crippen LogP contribution in [0.15, 0.2) is 97.2 Å². The van der Waals surface area contributed by atoms with Gasteiger partial charge in [-0.25, -0.2) is 9.13 Å². The largest absolute Gasteiger partial charge is 0.472 e. The van der Waals surface area contributed by atoms with Gasteiger partial charge in [-0.2, -0.15) is 0 Å². The zero-order valence-corrected chi connectivity index (χ0v) is 40.6. The number of hydrogen-bond acceptors (Lipinski definition) is 12. The number of phosphoric ester groups is 2. The van der Waals surface area contributed by atoms with E-state index in [0.717, 1.165) is 38.5 Å². The Bertz CT molecular complexity index is 1550. The average Bonchev–Trinajstić information content (AvgIpc) is 3.26. The molecule has 0 aromatic heterocycles. The van der Waals surface area contributed by atoms with E-state index in [9.17, 15) is 38.9 Å². The Morgan fingerprint density at radius 2 is 0.938 bits per heavy atom. The van der Waals surface area contributed by atoms with Gasteiger partial charge in [0, 0.05) is 12.8 Å². The molecule has 0 bridgehead atoms. The van der Waals surface area contributed by atoms with Gasteiger partial charge in [-0.05, 0) is 89.9 Å². The lowest BCUT2D eigenvalue weighted by Gasteiger charge is -2.20. The van der Waals surface area contributed by atoms with Crippen molar-refractivity contribution in [2.45, 2.75) is 167 Å². The highest BCUT2D eigenvalue weighted by Crippen LogP contribution is 2.43. The fourth-order valence-corrected chi connectivity index (χ4v) is 6.65. The molecule has 15 nitrogen and oxygen atoms in total. The summed E-state index contributed by atoms with van der Waals surface area (Å²) in [5, 5.41) is 30.5. The summed E-state index contributed by atoms with van der Waals surface area (Å²) < 4.78 is 47.5. The molecule has 0 saturated heterocycles. The normalized spacial score (nSPS) is 15.8. The predicted octanol–water partition coefficient (Wildman–Crippen LogP) is 10.1. The van der Waals surface area contributed by atoms with Crippen LogP contribution in [-0.2, 0) is 41.8 Å². The first-order valence-electron chi connectivity index (χ1n) is 23.1. The number of aliphatic hydroxyl groups is 3. The first-order chi connectivity index (χ1) is 31.2. The van der Waals surface area contributed by atoms with Gasteiger partial charge in [0.2, 0.25) is 0 Å². The minimum atomic E-state index is -4.91. The highest BCUT2D eigenvalue weighted by atomic mass is 31.2. The van der Waals surface area contributed by atoms with Crippen molar-refractivity contribution in [3.63, 3.8) is 0 Å². The molecule has 0 aliphatic carbocycles. The molecule has 5 atom stereocenters. The summed E-state index contributed by atoms with van der Waals surface area (Å²) in [6.45, 7) is 1.28. The summed E-state index contributed by atoms with van der Waals surface area (Å²) in [7, 11) is -9.81. The highest BCUT2D eigenvalue weighted by molar-refractivity contribution is 7.47. The number of aliphatic hydroxyl groups excluding tert-OH is 3. The second-order valence-electron chi connectivity index (χ2n) is 15.3. The van der Waals surface area contributed by atoms with Crippen LogP contribution in [0.4, 0.5) is 0 Å². The molecule has 0 spiro atoms. The molecule has 0 radical (unpaired) electrons. The zero-order chi connectivity index (χ0) is 48.3. The Morgan fingerprint density at radius 1 is 0.492 bits per heavy atom. The molecule has 0 saturated carbocycles. The number of hydrogen-bond donors (Lipinski definition) is 6. The van der Waals surface area contributed by atoms with Crippen LogP contribution in [0, 0.1) is 0 Å². The Hall–Kier alpha value is -3.04.